The minimum absolute atomic E-state index is 0. The molecule has 0 amide bonds. The van der Waals surface area contributed by atoms with E-state index in [0.717, 1.165) is 12.5 Å². The van der Waals surface area contributed by atoms with Crippen LogP contribution >= 0.6 is 35.7 Å². The Hall–Kier alpha value is 0.310. The number of nitrogens with one attached hydrogen (secondary N) is 2. The summed E-state index contributed by atoms with van der Waals surface area (Å²) in [6, 6.07) is 0.673. The highest BCUT2D eigenvalue weighted by Gasteiger charge is 2.40. The lowest BCUT2D eigenvalue weighted by Crippen LogP contribution is -2.57. The van der Waals surface area contributed by atoms with Gasteiger partial charge in [-0.25, -0.2) is 0 Å². The van der Waals surface area contributed by atoms with E-state index in [9.17, 15) is 0 Å². The first-order chi connectivity index (χ1) is 9.82. The molecule has 0 unspecified atom stereocenters. The SMILES string of the molecule is CN=C(NCC1(N2CCSCC2)CCCC1)NC1CC1.I. The van der Waals surface area contributed by atoms with E-state index in [1.807, 2.05) is 7.05 Å². The molecular formula is C15H29IN4S. The van der Waals surface area contributed by atoms with Crippen molar-refractivity contribution >= 4 is 41.7 Å². The van der Waals surface area contributed by atoms with E-state index < -0.39 is 0 Å². The summed E-state index contributed by atoms with van der Waals surface area (Å²) in [7, 11) is 1.89. The molecule has 3 aliphatic rings. The van der Waals surface area contributed by atoms with Crippen molar-refractivity contribution in [1.29, 1.82) is 0 Å². The molecule has 2 saturated carbocycles. The number of nitrogens with zero attached hydrogens (tertiary/aromatic N) is 2. The molecule has 0 aromatic rings. The largest absolute Gasteiger partial charge is 0.355 e. The Balaban J connectivity index is 0.00000161. The molecule has 0 aromatic carbocycles. The monoisotopic (exact) mass is 424 g/mol. The zero-order valence-electron chi connectivity index (χ0n) is 13.1. The average molecular weight is 424 g/mol. The predicted octanol–water partition coefficient (Wildman–Crippen LogP) is 2.29. The lowest BCUT2D eigenvalue weighted by Gasteiger charge is -2.43. The zero-order chi connectivity index (χ0) is 13.8. The third kappa shape index (κ3) is 4.64. The Morgan fingerprint density at radius 3 is 2.48 bits per heavy atom. The summed E-state index contributed by atoms with van der Waals surface area (Å²) >= 11 is 2.10. The van der Waals surface area contributed by atoms with Crippen molar-refractivity contribution in [3.05, 3.63) is 0 Å². The van der Waals surface area contributed by atoms with Crippen LogP contribution in [0.5, 0.6) is 0 Å². The Kier molecular flexibility index (Phi) is 6.93. The van der Waals surface area contributed by atoms with Crippen LogP contribution in [0, 0.1) is 0 Å². The van der Waals surface area contributed by atoms with Gasteiger partial charge in [-0.15, -0.1) is 24.0 Å². The van der Waals surface area contributed by atoms with Gasteiger partial charge in [0.1, 0.15) is 0 Å². The molecule has 122 valence electrons. The van der Waals surface area contributed by atoms with Gasteiger partial charge >= 0.3 is 0 Å². The Bertz CT molecular complexity index is 348. The van der Waals surface area contributed by atoms with Crippen LogP contribution in [-0.2, 0) is 0 Å². The summed E-state index contributed by atoms with van der Waals surface area (Å²) in [4.78, 5) is 7.14. The maximum Gasteiger partial charge on any atom is 0.191 e. The summed E-state index contributed by atoms with van der Waals surface area (Å²) in [5.41, 5.74) is 0.391. The summed E-state index contributed by atoms with van der Waals surface area (Å²) < 4.78 is 0. The van der Waals surface area contributed by atoms with Crippen LogP contribution in [0.15, 0.2) is 4.99 Å². The number of hydrogen-bond acceptors (Lipinski definition) is 3. The van der Waals surface area contributed by atoms with Gasteiger partial charge in [-0.2, -0.15) is 11.8 Å². The van der Waals surface area contributed by atoms with E-state index >= 15 is 0 Å². The molecule has 2 N–H and O–H groups in total. The van der Waals surface area contributed by atoms with Gasteiger partial charge in [0.25, 0.3) is 0 Å². The number of thioether (sulfide) groups is 1. The lowest BCUT2D eigenvalue weighted by molar-refractivity contribution is 0.107. The highest BCUT2D eigenvalue weighted by atomic mass is 127. The number of halogens is 1. The molecule has 2 aliphatic carbocycles. The van der Waals surface area contributed by atoms with E-state index in [1.54, 1.807) is 0 Å². The van der Waals surface area contributed by atoms with Gasteiger partial charge in [-0.1, -0.05) is 12.8 Å². The first-order valence-electron chi connectivity index (χ1n) is 8.12. The zero-order valence-corrected chi connectivity index (χ0v) is 16.2. The first-order valence-corrected chi connectivity index (χ1v) is 9.28. The maximum absolute atomic E-state index is 4.38. The van der Waals surface area contributed by atoms with Crippen molar-refractivity contribution in [2.45, 2.75) is 50.1 Å². The fourth-order valence-corrected chi connectivity index (χ4v) is 4.44. The second kappa shape index (κ2) is 8.24. The van der Waals surface area contributed by atoms with Gasteiger partial charge in [0, 0.05) is 49.8 Å². The molecule has 3 rings (SSSR count). The van der Waals surface area contributed by atoms with Gasteiger partial charge in [0.05, 0.1) is 0 Å². The highest BCUT2D eigenvalue weighted by Crippen LogP contribution is 2.36. The second-order valence-electron chi connectivity index (χ2n) is 6.38. The molecule has 0 aromatic heterocycles. The molecule has 0 atom stereocenters. The molecule has 1 heterocycles. The lowest BCUT2D eigenvalue weighted by atomic mass is 9.94. The molecule has 1 saturated heterocycles. The topological polar surface area (TPSA) is 39.7 Å². The molecule has 0 radical (unpaired) electrons. The average Bonchev–Trinajstić information content (AvgIpc) is 3.19. The molecule has 21 heavy (non-hydrogen) atoms. The predicted molar refractivity (Wildman–Crippen MR) is 103 cm³/mol. The molecule has 1 aliphatic heterocycles. The van der Waals surface area contributed by atoms with E-state index in [2.05, 4.69) is 32.3 Å². The van der Waals surface area contributed by atoms with Gasteiger partial charge in [-0.3, -0.25) is 9.89 Å². The quantitative estimate of drug-likeness (QED) is 0.413. The number of rotatable bonds is 4. The fraction of sp³-hybridized carbons (Fsp3) is 0.933. The summed E-state index contributed by atoms with van der Waals surface area (Å²) in [6.07, 6.45) is 8.08. The maximum atomic E-state index is 4.38. The molecule has 0 spiro atoms. The standard InChI is InChI=1S/C15H28N4S.HI/c1-16-14(18-13-4-5-13)17-12-15(6-2-3-7-15)19-8-10-20-11-9-19;/h13H,2-12H2,1H3,(H2,16,17,18);1H. The van der Waals surface area contributed by atoms with Gasteiger partial charge in [0.15, 0.2) is 5.96 Å². The molecule has 0 bridgehead atoms. The van der Waals surface area contributed by atoms with Crippen molar-refractivity contribution in [2.75, 3.05) is 38.2 Å². The van der Waals surface area contributed by atoms with E-state index in [4.69, 9.17) is 0 Å². The smallest absolute Gasteiger partial charge is 0.191 e. The Labute approximate surface area is 150 Å². The number of hydrogen-bond donors (Lipinski definition) is 2. The van der Waals surface area contributed by atoms with Crippen LogP contribution in [-0.4, -0.2) is 60.6 Å². The Morgan fingerprint density at radius 1 is 1.24 bits per heavy atom. The normalized spacial score (nSPS) is 26.2. The Morgan fingerprint density at radius 2 is 1.90 bits per heavy atom. The van der Waals surface area contributed by atoms with Crippen LogP contribution in [0.25, 0.3) is 0 Å². The number of aliphatic imine (C=N–C) groups is 1. The summed E-state index contributed by atoms with van der Waals surface area (Å²) in [6.45, 7) is 3.59. The van der Waals surface area contributed by atoms with Gasteiger partial charge in [0.2, 0.25) is 0 Å². The molecule has 4 nitrogen and oxygen atoms in total. The molecule has 3 fully saturated rings. The van der Waals surface area contributed by atoms with Crippen molar-refractivity contribution < 1.29 is 0 Å². The van der Waals surface area contributed by atoms with Crippen molar-refractivity contribution in [3.63, 3.8) is 0 Å². The van der Waals surface area contributed by atoms with E-state index in [0.29, 0.717) is 11.6 Å². The molecular weight excluding hydrogens is 395 g/mol. The van der Waals surface area contributed by atoms with Crippen molar-refractivity contribution in [1.82, 2.24) is 15.5 Å². The van der Waals surface area contributed by atoms with E-state index in [-0.39, 0.29) is 24.0 Å². The van der Waals surface area contributed by atoms with Crippen LogP contribution < -0.4 is 10.6 Å². The van der Waals surface area contributed by atoms with Gasteiger partial charge in [-0.05, 0) is 25.7 Å². The summed E-state index contributed by atoms with van der Waals surface area (Å²) in [5, 5.41) is 7.11. The minimum Gasteiger partial charge on any atom is -0.355 e. The summed E-state index contributed by atoms with van der Waals surface area (Å²) in [5.74, 6) is 3.61. The van der Waals surface area contributed by atoms with Crippen molar-refractivity contribution in [3.8, 4) is 0 Å². The van der Waals surface area contributed by atoms with E-state index in [1.165, 1.54) is 63.1 Å². The van der Waals surface area contributed by atoms with Crippen LogP contribution in [0.1, 0.15) is 38.5 Å². The van der Waals surface area contributed by atoms with Crippen LogP contribution in [0.2, 0.25) is 0 Å². The second-order valence-corrected chi connectivity index (χ2v) is 7.60. The number of guanidine groups is 1. The highest BCUT2D eigenvalue weighted by molar-refractivity contribution is 14.0. The first kappa shape index (κ1) is 17.7. The fourth-order valence-electron chi connectivity index (χ4n) is 3.54. The van der Waals surface area contributed by atoms with Crippen LogP contribution in [0.3, 0.4) is 0 Å². The minimum atomic E-state index is 0. The molecule has 6 heteroatoms. The van der Waals surface area contributed by atoms with Crippen molar-refractivity contribution in [2.24, 2.45) is 4.99 Å². The third-order valence-corrected chi connectivity index (χ3v) is 5.89. The third-order valence-electron chi connectivity index (χ3n) is 4.94. The van der Waals surface area contributed by atoms with Crippen LogP contribution in [0.4, 0.5) is 0 Å². The van der Waals surface area contributed by atoms with Gasteiger partial charge < -0.3 is 10.6 Å².